The minimum Gasteiger partial charge on any atom is -0.497 e. The lowest BCUT2D eigenvalue weighted by atomic mass is 10.0. The van der Waals surface area contributed by atoms with Gasteiger partial charge in [-0.1, -0.05) is 42.5 Å². The molecule has 1 aromatic heterocycles. The van der Waals surface area contributed by atoms with Crippen molar-refractivity contribution >= 4 is 5.91 Å². The van der Waals surface area contributed by atoms with Gasteiger partial charge in [0.25, 0.3) is 5.91 Å². The molecule has 3 aromatic rings. The van der Waals surface area contributed by atoms with Crippen LogP contribution in [0.4, 0.5) is 0 Å². The summed E-state index contributed by atoms with van der Waals surface area (Å²) >= 11 is 0. The molecule has 1 atom stereocenters. The highest BCUT2D eigenvalue weighted by Gasteiger charge is 2.29. The third-order valence-electron chi connectivity index (χ3n) is 5.81. The zero-order valence-electron chi connectivity index (χ0n) is 17.5. The van der Waals surface area contributed by atoms with Crippen molar-refractivity contribution in [3.63, 3.8) is 0 Å². The lowest BCUT2D eigenvalue weighted by molar-refractivity contribution is 0.0603. The largest absolute Gasteiger partial charge is 0.497 e. The molecule has 30 heavy (non-hydrogen) atoms. The smallest absolute Gasteiger partial charge is 0.257 e. The second-order valence-corrected chi connectivity index (χ2v) is 7.84. The molecule has 0 radical (unpaired) electrons. The van der Waals surface area contributed by atoms with Gasteiger partial charge in [0.15, 0.2) is 0 Å². The first-order valence-corrected chi connectivity index (χ1v) is 10.4. The average Bonchev–Trinajstić information content (AvgIpc) is 3.29. The van der Waals surface area contributed by atoms with E-state index < -0.39 is 0 Å². The van der Waals surface area contributed by atoms with Crippen molar-refractivity contribution in [1.82, 2.24) is 20.0 Å². The molecule has 4 rings (SSSR count). The van der Waals surface area contributed by atoms with Crippen LogP contribution >= 0.6 is 0 Å². The summed E-state index contributed by atoms with van der Waals surface area (Å²) in [7, 11) is 3.78. The van der Waals surface area contributed by atoms with E-state index >= 15 is 0 Å². The molecule has 6 nitrogen and oxygen atoms in total. The Hall–Kier alpha value is -3.12. The lowest BCUT2D eigenvalue weighted by Gasteiger charge is -2.37. The Morgan fingerprint density at radius 1 is 1.23 bits per heavy atom. The van der Waals surface area contributed by atoms with Crippen LogP contribution in [0.5, 0.6) is 5.75 Å². The van der Waals surface area contributed by atoms with Crippen LogP contribution in [-0.4, -0.2) is 59.2 Å². The van der Waals surface area contributed by atoms with Crippen LogP contribution in [-0.2, 0) is 6.54 Å². The Bertz CT molecular complexity index is 986. The molecule has 1 aliphatic heterocycles. The number of hydrogen-bond donors (Lipinski definition) is 1. The van der Waals surface area contributed by atoms with Crippen LogP contribution in [0.15, 0.2) is 60.8 Å². The van der Waals surface area contributed by atoms with Crippen molar-refractivity contribution in [2.24, 2.45) is 0 Å². The normalized spacial score (nSPS) is 16.6. The number of rotatable bonds is 6. The van der Waals surface area contributed by atoms with Gasteiger partial charge in [0.1, 0.15) is 5.75 Å². The summed E-state index contributed by atoms with van der Waals surface area (Å²) in [6.45, 7) is 2.39. The monoisotopic (exact) mass is 404 g/mol. The van der Waals surface area contributed by atoms with Gasteiger partial charge < -0.3 is 9.64 Å². The number of nitrogens with zero attached hydrogens (tertiary/aromatic N) is 3. The highest BCUT2D eigenvalue weighted by Crippen LogP contribution is 2.27. The zero-order chi connectivity index (χ0) is 20.9. The quantitative estimate of drug-likeness (QED) is 0.678. The van der Waals surface area contributed by atoms with E-state index in [4.69, 9.17) is 4.74 Å². The van der Waals surface area contributed by atoms with Gasteiger partial charge in [-0.15, -0.1) is 0 Å². The Labute approximate surface area is 177 Å². The number of likely N-dealkylation sites (N-methyl/N-ethyl adjacent to an activating group) is 1. The summed E-state index contributed by atoms with van der Waals surface area (Å²) in [5, 5.41) is 7.15. The van der Waals surface area contributed by atoms with Gasteiger partial charge in [0.05, 0.1) is 24.6 Å². The van der Waals surface area contributed by atoms with E-state index in [2.05, 4.69) is 46.4 Å². The maximum absolute atomic E-state index is 13.4. The summed E-state index contributed by atoms with van der Waals surface area (Å²) in [5.74, 6) is 0.778. The highest BCUT2D eigenvalue weighted by atomic mass is 16.5. The van der Waals surface area contributed by atoms with Crippen molar-refractivity contribution in [3.05, 3.63) is 71.9 Å². The minimum absolute atomic E-state index is 0.0272. The number of methoxy groups -OCH3 is 1. The Morgan fingerprint density at radius 2 is 2.07 bits per heavy atom. The molecule has 156 valence electrons. The van der Waals surface area contributed by atoms with Gasteiger partial charge >= 0.3 is 0 Å². The highest BCUT2D eigenvalue weighted by molar-refractivity contribution is 5.99. The fourth-order valence-electron chi connectivity index (χ4n) is 4.12. The molecule has 0 saturated carbocycles. The van der Waals surface area contributed by atoms with Crippen molar-refractivity contribution in [1.29, 1.82) is 0 Å². The molecule has 1 aliphatic rings. The second kappa shape index (κ2) is 9.13. The molecule has 1 saturated heterocycles. The maximum atomic E-state index is 13.4. The molecule has 0 aliphatic carbocycles. The SMILES string of the molecule is COc1cccc(-c2[nH]ncc2C(=O)N2CCCC(N(C)Cc3ccccc3)C2)c1. The van der Waals surface area contributed by atoms with E-state index in [9.17, 15) is 4.79 Å². The van der Waals surface area contributed by atoms with Crippen LogP contribution in [0, 0.1) is 0 Å². The van der Waals surface area contributed by atoms with Crippen LogP contribution in [0.1, 0.15) is 28.8 Å². The summed E-state index contributed by atoms with van der Waals surface area (Å²) in [5.41, 5.74) is 3.52. The number of nitrogens with one attached hydrogen (secondary N) is 1. The van der Waals surface area contributed by atoms with Gasteiger partial charge in [-0.05, 0) is 37.6 Å². The first-order valence-electron chi connectivity index (χ1n) is 10.4. The summed E-state index contributed by atoms with van der Waals surface area (Å²) in [4.78, 5) is 17.7. The molecular formula is C24H28N4O2. The molecule has 1 amide bonds. The van der Waals surface area contributed by atoms with Crippen molar-refractivity contribution in [3.8, 4) is 17.0 Å². The number of piperidine rings is 1. The first-order chi connectivity index (χ1) is 14.7. The Kier molecular flexibility index (Phi) is 6.14. The number of carbonyl (C=O) groups is 1. The van der Waals surface area contributed by atoms with Gasteiger partial charge in [0.2, 0.25) is 0 Å². The number of amides is 1. The number of aromatic nitrogens is 2. The van der Waals surface area contributed by atoms with E-state index in [1.165, 1.54) is 5.56 Å². The first kappa shape index (κ1) is 20.2. The van der Waals surface area contributed by atoms with Crippen LogP contribution in [0.2, 0.25) is 0 Å². The number of aromatic amines is 1. The fraction of sp³-hybridized carbons (Fsp3) is 0.333. The molecular weight excluding hydrogens is 376 g/mol. The number of likely N-dealkylation sites (tertiary alicyclic amines) is 1. The third kappa shape index (κ3) is 4.39. The van der Waals surface area contributed by atoms with E-state index in [1.54, 1.807) is 13.3 Å². The molecule has 1 N–H and O–H groups in total. The van der Waals surface area contributed by atoms with Gasteiger partial charge in [0, 0.05) is 31.2 Å². The maximum Gasteiger partial charge on any atom is 0.257 e. The van der Waals surface area contributed by atoms with Crippen LogP contribution < -0.4 is 4.74 Å². The third-order valence-corrected chi connectivity index (χ3v) is 5.81. The zero-order valence-corrected chi connectivity index (χ0v) is 17.5. The number of hydrogen-bond acceptors (Lipinski definition) is 4. The molecule has 0 spiro atoms. The van der Waals surface area contributed by atoms with Crippen molar-refractivity contribution < 1.29 is 9.53 Å². The second-order valence-electron chi connectivity index (χ2n) is 7.84. The number of H-pyrrole nitrogens is 1. The summed E-state index contributed by atoms with van der Waals surface area (Å²) in [6, 6.07) is 18.5. The summed E-state index contributed by atoms with van der Waals surface area (Å²) < 4.78 is 5.32. The predicted octanol–water partition coefficient (Wildman–Crippen LogP) is 3.82. The average molecular weight is 405 g/mol. The van der Waals surface area contributed by atoms with E-state index in [1.807, 2.05) is 35.2 Å². The molecule has 0 bridgehead atoms. The minimum atomic E-state index is 0.0272. The molecule has 2 aromatic carbocycles. The number of ether oxygens (including phenoxy) is 1. The number of carbonyl (C=O) groups excluding carboxylic acids is 1. The predicted molar refractivity (Wildman–Crippen MR) is 117 cm³/mol. The molecule has 6 heteroatoms. The van der Waals surface area contributed by atoms with Gasteiger partial charge in [-0.2, -0.15) is 5.10 Å². The number of benzene rings is 2. The fourth-order valence-corrected chi connectivity index (χ4v) is 4.12. The van der Waals surface area contributed by atoms with E-state index in [0.29, 0.717) is 11.6 Å². The molecule has 1 fully saturated rings. The van der Waals surface area contributed by atoms with Gasteiger partial charge in [-0.3, -0.25) is 14.8 Å². The van der Waals surface area contributed by atoms with Crippen LogP contribution in [0.3, 0.4) is 0 Å². The Balaban J connectivity index is 1.48. The summed E-state index contributed by atoms with van der Waals surface area (Å²) in [6.07, 6.45) is 3.73. The van der Waals surface area contributed by atoms with E-state index in [-0.39, 0.29) is 5.91 Å². The molecule has 2 heterocycles. The standard InChI is InChI=1S/C24H28N4O2/c1-27(16-18-8-4-3-5-9-18)20-11-7-13-28(17-20)24(29)22-15-25-26-23(22)19-10-6-12-21(14-19)30-2/h3-6,8-10,12,14-15,20H,7,11,13,16-17H2,1-2H3,(H,25,26). The van der Waals surface area contributed by atoms with Crippen molar-refractivity contribution in [2.75, 3.05) is 27.2 Å². The lowest BCUT2D eigenvalue weighted by Crippen LogP contribution is -2.48. The van der Waals surface area contributed by atoms with Crippen LogP contribution in [0.25, 0.3) is 11.3 Å². The molecule has 1 unspecified atom stereocenters. The van der Waals surface area contributed by atoms with E-state index in [0.717, 1.165) is 49.5 Å². The van der Waals surface area contributed by atoms with Crippen molar-refractivity contribution in [2.45, 2.75) is 25.4 Å². The Morgan fingerprint density at radius 3 is 2.87 bits per heavy atom. The van der Waals surface area contributed by atoms with Gasteiger partial charge in [-0.25, -0.2) is 0 Å². The topological polar surface area (TPSA) is 61.5 Å².